The maximum absolute atomic E-state index is 10.9. The fourth-order valence-corrected chi connectivity index (χ4v) is 0.834. The third-order valence-electron chi connectivity index (χ3n) is 1.60. The van der Waals surface area contributed by atoms with Crippen LogP contribution >= 0.6 is 0 Å². The number of hydrogen-bond acceptors (Lipinski definition) is 2. The third kappa shape index (κ3) is 5.89. The van der Waals surface area contributed by atoms with E-state index >= 15 is 0 Å². The zero-order valence-electron chi connectivity index (χ0n) is 7.85. The van der Waals surface area contributed by atoms with Gasteiger partial charge in [0.25, 0.3) is 0 Å². The zero-order valence-corrected chi connectivity index (χ0v) is 7.85. The molecule has 0 aliphatic carbocycles. The van der Waals surface area contributed by atoms with Crippen molar-refractivity contribution in [3.8, 4) is 0 Å². The molecule has 1 amide bonds. The summed E-state index contributed by atoms with van der Waals surface area (Å²) < 4.78 is 0. The Labute approximate surface area is 75.0 Å². The minimum Gasteiger partial charge on any atom is -0.356 e. The summed E-state index contributed by atoms with van der Waals surface area (Å²) >= 11 is 0. The summed E-state index contributed by atoms with van der Waals surface area (Å²) in [7, 11) is 0. The third-order valence-corrected chi connectivity index (χ3v) is 1.60. The Bertz CT molecular complexity index is 160. The number of rotatable bonds is 6. The van der Waals surface area contributed by atoms with Crippen LogP contribution in [0.25, 0.3) is 0 Å². The molecule has 3 nitrogen and oxygen atoms in total. The van der Waals surface area contributed by atoms with Crippen molar-refractivity contribution in [1.29, 1.82) is 0 Å². The Kier molecular flexibility index (Phi) is 6.34. The van der Waals surface area contributed by atoms with Crippen molar-refractivity contribution in [3.63, 3.8) is 0 Å². The van der Waals surface area contributed by atoms with Crippen LogP contribution in [0.2, 0.25) is 0 Å². The summed E-state index contributed by atoms with van der Waals surface area (Å²) in [6.07, 6.45) is 2.43. The number of nitrogens with one attached hydrogen (secondary N) is 1. The van der Waals surface area contributed by atoms with Gasteiger partial charge in [-0.1, -0.05) is 13.8 Å². The van der Waals surface area contributed by atoms with E-state index < -0.39 is 0 Å². The summed E-state index contributed by atoms with van der Waals surface area (Å²) in [5.41, 5.74) is 0. The lowest BCUT2D eigenvalue weighted by Gasteiger charge is -2.01. The molecule has 0 saturated heterocycles. The van der Waals surface area contributed by atoms with Crippen molar-refractivity contribution in [3.05, 3.63) is 0 Å². The molecule has 0 bridgehead atoms. The molecular formula is C9H19NO2. The Morgan fingerprint density at radius 3 is 2.42 bits per heavy atom. The fourth-order valence-electron chi connectivity index (χ4n) is 0.834. The fraction of sp³-hybridized carbons (Fsp3) is 0.778. The summed E-state index contributed by atoms with van der Waals surface area (Å²) in [6.45, 7) is 4.28. The first-order chi connectivity index (χ1) is 5.70. The molecule has 0 saturated carbocycles. The summed E-state index contributed by atoms with van der Waals surface area (Å²) in [4.78, 5) is 21.7. The van der Waals surface area contributed by atoms with Gasteiger partial charge in [-0.3, -0.25) is 9.59 Å². The molecule has 12 heavy (non-hydrogen) atoms. The van der Waals surface area contributed by atoms with Gasteiger partial charge in [0.1, 0.15) is 5.78 Å². The second-order valence-corrected chi connectivity index (χ2v) is 2.74. The number of carbonyl (C=O) groups is 2. The number of Topliss-reactive ketones (excluding diaryl/α,β-unsaturated/α-hetero) is 1. The largest absolute Gasteiger partial charge is 0.356 e. The summed E-state index contributed by atoms with van der Waals surface area (Å²) in [6, 6.07) is 0. The Morgan fingerprint density at radius 1 is 1.25 bits per heavy atom. The SMILES string of the molecule is CCCC(=O)NCCC(=O)CC.[HH]. The molecule has 0 unspecified atom stereocenters. The van der Waals surface area contributed by atoms with E-state index in [-0.39, 0.29) is 13.1 Å². The van der Waals surface area contributed by atoms with E-state index in [0.717, 1.165) is 6.42 Å². The van der Waals surface area contributed by atoms with Crippen LogP contribution in [0.3, 0.4) is 0 Å². The van der Waals surface area contributed by atoms with Crippen LogP contribution < -0.4 is 5.32 Å². The van der Waals surface area contributed by atoms with Gasteiger partial charge >= 0.3 is 0 Å². The van der Waals surface area contributed by atoms with E-state index in [4.69, 9.17) is 0 Å². The number of ketones is 1. The predicted molar refractivity (Wildman–Crippen MR) is 49.9 cm³/mol. The molecule has 3 heteroatoms. The highest BCUT2D eigenvalue weighted by molar-refractivity contribution is 5.80. The molecule has 0 aromatic carbocycles. The lowest BCUT2D eigenvalue weighted by atomic mass is 10.2. The molecule has 0 aromatic rings. The molecule has 0 radical (unpaired) electrons. The van der Waals surface area contributed by atoms with Crippen molar-refractivity contribution < 1.29 is 11.0 Å². The van der Waals surface area contributed by atoms with Gasteiger partial charge in [-0.15, -0.1) is 0 Å². The first-order valence-corrected chi connectivity index (χ1v) is 4.49. The highest BCUT2D eigenvalue weighted by atomic mass is 16.1. The topological polar surface area (TPSA) is 46.2 Å². The molecule has 0 aliphatic heterocycles. The second kappa shape index (κ2) is 6.83. The maximum Gasteiger partial charge on any atom is 0.219 e. The predicted octanol–water partition coefficient (Wildman–Crippen LogP) is 1.52. The van der Waals surface area contributed by atoms with Crippen molar-refractivity contribution >= 4 is 11.7 Å². The molecule has 0 fully saturated rings. The van der Waals surface area contributed by atoms with Crippen LogP contribution in [-0.4, -0.2) is 18.2 Å². The second-order valence-electron chi connectivity index (χ2n) is 2.74. The molecule has 0 atom stereocenters. The number of hydrogen-bond donors (Lipinski definition) is 1. The van der Waals surface area contributed by atoms with Crippen LogP contribution in [0.5, 0.6) is 0 Å². The van der Waals surface area contributed by atoms with E-state index in [2.05, 4.69) is 5.32 Å². The monoisotopic (exact) mass is 173 g/mol. The van der Waals surface area contributed by atoms with Crippen LogP contribution in [-0.2, 0) is 9.59 Å². The quantitative estimate of drug-likeness (QED) is 0.662. The molecule has 0 aromatic heterocycles. The van der Waals surface area contributed by atoms with Gasteiger partial charge in [0.05, 0.1) is 0 Å². The molecule has 0 heterocycles. The maximum atomic E-state index is 10.9. The molecule has 0 spiro atoms. The molecular weight excluding hydrogens is 154 g/mol. The Hall–Kier alpha value is -0.860. The normalized spacial score (nSPS) is 9.50. The average Bonchev–Trinajstić information content (AvgIpc) is 2.04. The van der Waals surface area contributed by atoms with Gasteiger partial charge in [0.2, 0.25) is 5.91 Å². The van der Waals surface area contributed by atoms with Crippen molar-refractivity contribution in [2.24, 2.45) is 0 Å². The lowest BCUT2D eigenvalue weighted by molar-refractivity contribution is -0.121. The van der Waals surface area contributed by atoms with Gasteiger partial charge < -0.3 is 5.32 Å². The van der Waals surface area contributed by atoms with E-state index in [9.17, 15) is 9.59 Å². The van der Waals surface area contributed by atoms with Crippen molar-refractivity contribution in [2.45, 2.75) is 39.5 Å². The smallest absolute Gasteiger partial charge is 0.219 e. The molecule has 1 N–H and O–H groups in total. The van der Waals surface area contributed by atoms with E-state index in [1.54, 1.807) is 0 Å². The van der Waals surface area contributed by atoms with Crippen LogP contribution in [0.1, 0.15) is 41.0 Å². The van der Waals surface area contributed by atoms with Gasteiger partial charge in [0.15, 0.2) is 0 Å². The van der Waals surface area contributed by atoms with E-state index in [0.29, 0.717) is 25.8 Å². The zero-order chi connectivity index (χ0) is 9.40. The number of amides is 1. The van der Waals surface area contributed by atoms with Crippen molar-refractivity contribution in [1.82, 2.24) is 5.32 Å². The molecule has 0 aliphatic rings. The first kappa shape index (κ1) is 11.1. The first-order valence-electron chi connectivity index (χ1n) is 4.49. The average molecular weight is 173 g/mol. The molecule has 0 rings (SSSR count). The Balaban J connectivity index is 0. The highest BCUT2D eigenvalue weighted by Crippen LogP contribution is 1.88. The Morgan fingerprint density at radius 2 is 1.92 bits per heavy atom. The van der Waals surface area contributed by atoms with Crippen LogP contribution in [0.4, 0.5) is 0 Å². The van der Waals surface area contributed by atoms with Crippen molar-refractivity contribution in [2.75, 3.05) is 6.54 Å². The summed E-state index contributed by atoms with van der Waals surface area (Å²) in [5.74, 6) is 0.244. The summed E-state index contributed by atoms with van der Waals surface area (Å²) in [5, 5.41) is 2.69. The molecule has 72 valence electrons. The van der Waals surface area contributed by atoms with Gasteiger partial charge in [-0.05, 0) is 6.42 Å². The van der Waals surface area contributed by atoms with E-state index in [1.807, 2.05) is 13.8 Å². The van der Waals surface area contributed by atoms with Gasteiger partial charge in [-0.2, -0.15) is 0 Å². The minimum absolute atomic E-state index is 0. The highest BCUT2D eigenvalue weighted by Gasteiger charge is 2.00. The number of carbonyl (C=O) groups excluding carboxylic acids is 2. The van der Waals surface area contributed by atoms with Crippen LogP contribution in [0.15, 0.2) is 0 Å². The van der Waals surface area contributed by atoms with Gasteiger partial charge in [-0.25, -0.2) is 0 Å². The van der Waals surface area contributed by atoms with Gasteiger partial charge in [0, 0.05) is 27.2 Å². The minimum atomic E-state index is 0. The lowest BCUT2D eigenvalue weighted by Crippen LogP contribution is -2.25. The van der Waals surface area contributed by atoms with E-state index in [1.165, 1.54) is 0 Å². The standard InChI is InChI=1S/C9H17NO2.H2/c1-3-5-9(12)10-7-6-8(11)4-2;/h3-7H2,1-2H3,(H,10,12);1H. The van der Waals surface area contributed by atoms with Crippen LogP contribution in [0, 0.1) is 0 Å².